The van der Waals surface area contributed by atoms with Crippen LogP contribution in [0, 0.1) is 5.92 Å². The largest absolute Gasteiger partial charge is 0.366 e. The Morgan fingerprint density at radius 1 is 1.18 bits per heavy atom. The van der Waals surface area contributed by atoms with Crippen molar-refractivity contribution in [2.45, 2.75) is 32.1 Å². The van der Waals surface area contributed by atoms with Crippen molar-refractivity contribution in [1.29, 1.82) is 0 Å². The van der Waals surface area contributed by atoms with E-state index in [4.69, 9.17) is 17.3 Å². The zero-order valence-corrected chi connectivity index (χ0v) is 13.1. The number of nitrogens with two attached hydrogens (primary N) is 1. The van der Waals surface area contributed by atoms with E-state index in [1.165, 1.54) is 12.5 Å². The smallest absolute Gasteiger partial charge is 0.258 e. The van der Waals surface area contributed by atoms with Gasteiger partial charge in [0.05, 0.1) is 11.1 Å². The SMILES string of the molecule is NC(=O)c1cc(Cl)ccc1C(=O)N1CCCC2CCCC=C21. The maximum Gasteiger partial charge on any atom is 0.258 e. The zero-order chi connectivity index (χ0) is 15.7. The predicted molar refractivity (Wildman–Crippen MR) is 85.7 cm³/mol. The van der Waals surface area contributed by atoms with E-state index in [0.717, 1.165) is 31.4 Å². The van der Waals surface area contributed by atoms with Crippen LogP contribution in [-0.2, 0) is 0 Å². The Bertz CT molecular complexity index is 654. The van der Waals surface area contributed by atoms with Crippen LogP contribution >= 0.6 is 11.6 Å². The lowest BCUT2D eigenvalue weighted by molar-refractivity contribution is 0.0744. The number of hydrogen-bond donors (Lipinski definition) is 1. The van der Waals surface area contributed by atoms with Gasteiger partial charge < -0.3 is 10.6 Å². The summed E-state index contributed by atoms with van der Waals surface area (Å²) in [5.74, 6) is -0.309. The highest BCUT2D eigenvalue weighted by Gasteiger charge is 2.32. The minimum atomic E-state index is -0.628. The van der Waals surface area contributed by atoms with Crippen LogP contribution in [0.3, 0.4) is 0 Å². The van der Waals surface area contributed by atoms with Crippen LogP contribution in [0.15, 0.2) is 30.0 Å². The number of benzene rings is 1. The van der Waals surface area contributed by atoms with Crippen LogP contribution in [0.25, 0.3) is 0 Å². The number of allylic oxidation sites excluding steroid dienone is 2. The predicted octanol–water partition coefficient (Wildman–Crippen LogP) is 3.36. The van der Waals surface area contributed by atoms with Gasteiger partial charge in [0.15, 0.2) is 0 Å². The fraction of sp³-hybridized carbons (Fsp3) is 0.412. The van der Waals surface area contributed by atoms with Crippen molar-refractivity contribution in [2.24, 2.45) is 11.7 Å². The molecule has 0 saturated carbocycles. The first-order chi connectivity index (χ1) is 10.6. The molecule has 0 radical (unpaired) electrons. The van der Waals surface area contributed by atoms with Crippen LogP contribution in [0.5, 0.6) is 0 Å². The number of piperidine rings is 1. The number of primary amides is 1. The molecule has 1 aromatic carbocycles. The van der Waals surface area contributed by atoms with E-state index < -0.39 is 5.91 Å². The monoisotopic (exact) mass is 318 g/mol. The van der Waals surface area contributed by atoms with Crippen molar-refractivity contribution < 1.29 is 9.59 Å². The van der Waals surface area contributed by atoms with Crippen molar-refractivity contribution in [3.8, 4) is 0 Å². The molecular weight excluding hydrogens is 300 g/mol. The summed E-state index contributed by atoms with van der Waals surface area (Å²) in [5, 5.41) is 0.402. The number of likely N-dealkylation sites (tertiary alicyclic amines) is 1. The Hall–Kier alpha value is -1.81. The number of nitrogens with zero attached hydrogens (tertiary/aromatic N) is 1. The second kappa shape index (κ2) is 6.13. The topological polar surface area (TPSA) is 63.4 Å². The number of fused-ring (bicyclic) bond motifs is 1. The van der Waals surface area contributed by atoms with E-state index in [0.29, 0.717) is 23.0 Å². The lowest BCUT2D eigenvalue weighted by Gasteiger charge is -2.38. The molecule has 3 rings (SSSR count). The number of halogens is 1. The molecule has 1 heterocycles. The molecule has 0 bridgehead atoms. The van der Waals surface area contributed by atoms with E-state index in [1.807, 2.05) is 4.90 Å². The van der Waals surface area contributed by atoms with Crippen molar-refractivity contribution >= 4 is 23.4 Å². The van der Waals surface area contributed by atoms with Crippen molar-refractivity contribution in [1.82, 2.24) is 4.90 Å². The highest BCUT2D eigenvalue weighted by atomic mass is 35.5. The van der Waals surface area contributed by atoms with Gasteiger partial charge >= 0.3 is 0 Å². The first-order valence-corrected chi connectivity index (χ1v) is 8.07. The molecule has 116 valence electrons. The Kier molecular flexibility index (Phi) is 4.21. The van der Waals surface area contributed by atoms with E-state index in [2.05, 4.69) is 6.08 Å². The number of carbonyl (C=O) groups excluding carboxylic acids is 2. The molecule has 1 unspecified atom stereocenters. The average Bonchev–Trinajstić information content (AvgIpc) is 2.53. The lowest BCUT2D eigenvalue weighted by atomic mass is 9.84. The summed E-state index contributed by atoms with van der Waals surface area (Å²) in [6.45, 7) is 0.696. The van der Waals surface area contributed by atoms with E-state index in [1.54, 1.807) is 12.1 Å². The summed E-state index contributed by atoms with van der Waals surface area (Å²) in [5.41, 5.74) is 7.05. The molecule has 1 aliphatic carbocycles. The van der Waals surface area contributed by atoms with Gasteiger partial charge in [0.2, 0.25) is 5.91 Å². The summed E-state index contributed by atoms with van der Waals surface area (Å²) >= 11 is 5.92. The molecule has 1 aromatic rings. The Labute approximate surface area is 134 Å². The summed E-state index contributed by atoms with van der Waals surface area (Å²) in [6, 6.07) is 4.68. The molecule has 2 aliphatic rings. The normalized spacial score (nSPS) is 21.0. The molecule has 1 atom stereocenters. The van der Waals surface area contributed by atoms with Gasteiger partial charge in [0.1, 0.15) is 0 Å². The standard InChI is InChI=1S/C17H19ClN2O2/c18-12-7-8-13(14(10-12)16(19)21)17(22)20-9-3-5-11-4-1-2-6-15(11)20/h6-8,10-11H,1-5,9H2,(H2,19,21). The van der Waals surface area contributed by atoms with Crippen LogP contribution in [0.4, 0.5) is 0 Å². The number of amides is 2. The maximum absolute atomic E-state index is 12.9. The number of hydrogen-bond acceptors (Lipinski definition) is 2. The first-order valence-electron chi connectivity index (χ1n) is 7.69. The summed E-state index contributed by atoms with van der Waals surface area (Å²) in [4.78, 5) is 26.4. The van der Waals surface area contributed by atoms with E-state index in [9.17, 15) is 9.59 Å². The van der Waals surface area contributed by atoms with Crippen LogP contribution in [-0.4, -0.2) is 23.3 Å². The van der Waals surface area contributed by atoms with Gasteiger partial charge in [-0.05, 0) is 56.2 Å². The third kappa shape index (κ3) is 2.75. The fourth-order valence-corrected chi connectivity index (χ4v) is 3.62. The summed E-state index contributed by atoms with van der Waals surface area (Å²) in [6.07, 6.45) is 7.64. The summed E-state index contributed by atoms with van der Waals surface area (Å²) < 4.78 is 0. The van der Waals surface area contributed by atoms with Crippen molar-refractivity contribution in [2.75, 3.05) is 6.54 Å². The minimum absolute atomic E-state index is 0.150. The van der Waals surface area contributed by atoms with Crippen molar-refractivity contribution in [3.05, 3.63) is 46.1 Å². The molecule has 4 nitrogen and oxygen atoms in total. The maximum atomic E-state index is 12.9. The fourth-order valence-electron chi connectivity index (χ4n) is 3.45. The minimum Gasteiger partial charge on any atom is -0.366 e. The average molecular weight is 319 g/mol. The second-order valence-electron chi connectivity index (χ2n) is 5.91. The van der Waals surface area contributed by atoms with Gasteiger partial charge in [-0.1, -0.05) is 17.7 Å². The molecule has 0 aromatic heterocycles. The Balaban J connectivity index is 1.97. The quantitative estimate of drug-likeness (QED) is 0.908. The van der Waals surface area contributed by atoms with Crippen molar-refractivity contribution in [3.63, 3.8) is 0 Å². The first kappa shape index (κ1) is 15.1. The lowest BCUT2D eigenvalue weighted by Crippen LogP contribution is -2.39. The molecule has 22 heavy (non-hydrogen) atoms. The molecule has 5 heteroatoms. The zero-order valence-electron chi connectivity index (χ0n) is 12.3. The molecule has 1 fully saturated rings. The molecule has 2 N–H and O–H groups in total. The van der Waals surface area contributed by atoms with Gasteiger partial charge in [-0.2, -0.15) is 0 Å². The van der Waals surface area contributed by atoms with Gasteiger partial charge in [-0.25, -0.2) is 0 Å². The molecule has 1 saturated heterocycles. The third-order valence-electron chi connectivity index (χ3n) is 4.50. The van der Waals surface area contributed by atoms with Crippen LogP contribution in [0.1, 0.15) is 52.8 Å². The van der Waals surface area contributed by atoms with E-state index >= 15 is 0 Å². The molecule has 1 aliphatic heterocycles. The Morgan fingerprint density at radius 2 is 1.95 bits per heavy atom. The second-order valence-corrected chi connectivity index (χ2v) is 6.35. The van der Waals surface area contributed by atoms with Gasteiger partial charge in [-0.3, -0.25) is 9.59 Å². The van der Waals surface area contributed by atoms with Gasteiger partial charge in [0.25, 0.3) is 5.91 Å². The van der Waals surface area contributed by atoms with Crippen LogP contribution < -0.4 is 5.73 Å². The molecular formula is C17H19ClN2O2. The molecule has 2 amide bonds. The van der Waals surface area contributed by atoms with Crippen LogP contribution in [0.2, 0.25) is 5.02 Å². The van der Waals surface area contributed by atoms with Gasteiger partial charge in [0, 0.05) is 17.3 Å². The number of rotatable bonds is 2. The highest BCUT2D eigenvalue weighted by Crippen LogP contribution is 2.36. The van der Waals surface area contributed by atoms with Gasteiger partial charge in [-0.15, -0.1) is 0 Å². The van der Waals surface area contributed by atoms with E-state index in [-0.39, 0.29) is 11.5 Å². The highest BCUT2D eigenvalue weighted by molar-refractivity contribution is 6.31. The summed E-state index contributed by atoms with van der Waals surface area (Å²) in [7, 11) is 0. The molecule has 0 spiro atoms. The third-order valence-corrected chi connectivity index (χ3v) is 4.73. The number of carbonyl (C=O) groups is 2. The Morgan fingerprint density at radius 3 is 2.73 bits per heavy atom.